The van der Waals surface area contributed by atoms with Crippen LogP contribution >= 0.6 is 0 Å². The van der Waals surface area contributed by atoms with Gasteiger partial charge >= 0.3 is 0 Å². The lowest BCUT2D eigenvalue weighted by Gasteiger charge is -2.16. The SMILES string of the molecule is C[C@H](N)[C@H](O)c1c(O)cccc1O. The lowest BCUT2D eigenvalue weighted by atomic mass is 10.0. The van der Waals surface area contributed by atoms with Crippen LogP contribution in [0.25, 0.3) is 0 Å². The number of nitrogens with two attached hydrogens (primary N) is 1. The minimum absolute atomic E-state index is 0.0810. The number of rotatable bonds is 2. The van der Waals surface area contributed by atoms with E-state index in [4.69, 9.17) is 5.73 Å². The van der Waals surface area contributed by atoms with Crippen molar-refractivity contribution in [1.82, 2.24) is 0 Å². The van der Waals surface area contributed by atoms with Crippen LogP contribution in [-0.4, -0.2) is 21.4 Å². The summed E-state index contributed by atoms with van der Waals surface area (Å²) in [7, 11) is 0. The van der Waals surface area contributed by atoms with E-state index in [1.54, 1.807) is 6.92 Å². The van der Waals surface area contributed by atoms with E-state index in [0.717, 1.165) is 0 Å². The van der Waals surface area contributed by atoms with Gasteiger partial charge in [0.1, 0.15) is 17.6 Å². The summed E-state index contributed by atoms with van der Waals surface area (Å²) in [6, 6.07) is 3.72. The predicted molar refractivity (Wildman–Crippen MR) is 48.4 cm³/mol. The van der Waals surface area contributed by atoms with E-state index in [-0.39, 0.29) is 17.1 Å². The zero-order chi connectivity index (χ0) is 10.0. The van der Waals surface area contributed by atoms with Gasteiger partial charge in [0.15, 0.2) is 0 Å². The predicted octanol–water partition coefficient (Wildman–Crippen LogP) is 0.478. The van der Waals surface area contributed by atoms with E-state index in [1.165, 1.54) is 18.2 Å². The highest BCUT2D eigenvalue weighted by Crippen LogP contribution is 2.33. The molecule has 0 fully saturated rings. The van der Waals surface area contributed by atoms with Crippen molar-refractivity contribution in [2.45, 2.75) is 19.1 Å². The third-order valence-electron chi connectivity index (χ3n) is 1.85. The van der Waals surface area contributed by atoms with E-state index < -0.39 is 12.1 Å². The van der Waals surface area contributed by atoms with E-state index >= 15 is 0 Å². The fourth-order valence-electron chi connectivity index (χ4n) is 1.11. The second-order valence-corrected chi connectivity index (χ2v) is 3.01. The van der Waals surface area contributed by atoms with E-state index in [2.05, 4.69) is 0 Å². The van der Waals surface area contributed by atoms with Gasteiger partial charge in [0.05, 0.1) is 5.56 Å². The Balaban J connectivity index is 3.12. The first-order chi connectivity index (χ1) is 6.04. The maximum atomic E-state index is 9.51. The Morgan fingerprint density at radius 1 is 1.23 bits per heavy atom. The highest BCUT2D eigenvalue weighted by Gasteiger charge is 2.19. The molecule has 0 aliphatic carbocycles. The molecule has 0 radical (unpaired) electrons. The molecule has 0 aromatic heterocycles. The molecule has 1 aromatic rings. The van der Waals surface area contributed by atoms with Crippen molar-refractivity contribution in [1.29, 1.82) is 0 Å². The van der Waals surface area contributed by atoms with Crippen LogP contribution in [0.15, 0.2) is 18.2 Å². The lowest BCUT2D eigenvalue weighted by Crippen LogP contribution is -2.24. The summed E-state index contributed by atoms with van der Waals surface area (Å²) in [6.45, 7) is 1.59. The van der Waals surface area contributed by atoms with Crippen molar-refractivity contribution in [2.24, 2.45) is 5.73 Å². The number of aliphatic hydroxyl groups is 1. The summed E-state index contributed by atoms with van der Waals surface area (Å²) in [4.78, 5) is 0. The molecule has 0 bridgehead atoms. The number of hydrogen-bond acceptors (Lipinski definition) is 4. The number of aromatic hydroxyl groups is 2. The molecular weight excluding hydrogens is 170 g/mol. The monoisotopic (exact) mass is 183 g/mol. The Kier molecular flexibility index (Phi) is 2.75. The van der Waals surface area contributed by atoms with Crippen LogP contribution in [0.1, 0.15) is 18.6 Å². The molecule has 0 spiro atoms. The molecule has 0 saturated carbocycles. The second-order valence-electron chi connectivity index (χ2n) is 3.01. The Morgan fingerprint density at radius 3 is 2.08 bits per heavy atom. The van der Waals surface area contributed by atoms with Crippen molar-refractivity contribution in [3.63, 3.8) is 0 Å². The standard InChI is InChI=1S/C9H13NO3/c1-5(10)9(13)8-6(11)3-2-4-7(8)12/h2-5,9,11-13H,10H2,1H3/t5-,9-/m0/s1. The second kappa shape index (κ2) is 3.64. The third-order valence-corrected chi connectivity index (χ3v) is 1.85. The molecular formula is C9H13NO3. The lowest BCUT2D eigenvalue weighted by molar-refractivity contribution is 0.146. The van der Waals surface area contributed by atoms with Crippen molar-refractivity contribution in [3.8, 4) is 11.5 Å². The smallest absolute Gasteiger partial charge is 0.125 e. The molecule has 72 valence electrons. The molecule has 13 heavy (non-hydrogen) atoms. The minimum atomic E-state index is -1.05. The first kappa shape index (κ1) is 9.83. The number of aliphatic hydroxyl groups excluding tert-OH is 1. The van der Waals surface area contributed by atoms with Crippen LogP contribution in [-0.2, 0) is 0 Å². The molecule has 0 amide bonds. The first-order valence-electron chi connectivity index (χ1n) is 3.98. The van der Waals surface area contributed by atoms with Gasteiger partial charge in [-0.25, -0.2) is 0 Å². The van der Waals surface area contributed by atoms with Crippen LogP contribution in [0.2, 0.25) is 0 Å². The van der Waals surface area contributed by atoms with Crippen LogP contribution in [0.4, 0.5) is 0 Å². The van der Waals surface area contributed by atoms with Gasteiger partial charge in [0.2, 0.25) is 0 Å². The summed E-state index contributed by atoms with van der Waals surface area (Å²) in [5, 5.41) is 28.2. The van der Waals surface area contributed by atoms with Crippen molar-refractivity contribution >= 4 is 0 Å². The maximum absolute atomic E-state index is 9.51. The van der Waals surface area contributed by atoms with Crippen molar-refractivity contribution < 1.29 is 15.3 Å². The molecule has 0 saturated heterocycles. The van der Waals surface area contributed by atoms with Gasteiger partial charge in [-0.1, -0.05) is 6.07 Å². The molecule has 0 aliphatic heterocycles. The molecule has 4 nitrogen and oxygen atoms in total. The third kappa shape index (κ3) is 1.91. The Labute approximate surface area is 76.2 Å². The van der Waals surface area contributed by atoms with Crippen molar-refractivity contribution in [3.05, 3.63) is 23.8 Å². The summed E-state index contributed by atoms with van der Waals surface area (Å²) in [5.41, 5.74) is 5.51. The van der Waals surface area contributed by atoms with E-state index in [9.17, 15) is 15.3 Å². The van der Waals surface area contributed by atoms with Crippen LogP contribution in [0, 0.1) is 0 Å². The quantitative estimate of drug-likeness (QED) is 0.537. The fourth-order valence-corrected chi connectivity index (χ4v) is 1.11. The summed E-state index contributed by atoms with van der Waals surface area (Å²) < 4.78 is 0. The molecule has 1 rings (SSSR count). The van der Waals surface area contributed by atoms with Crippen LogP contribution < -0.4 is 5.73 Å². The zero-order valence-corrected chi connectivity index (χ0v) is 7.31. The average Bonchev–Trinajstić information content (AvgIpc) is 2.03. The Bertz CT molecular complexity index is 279. The Morgan fingerprint density at radius 2 is 1.69 bits per heavy atom. The molecule has 0 aliphatic rings. The van der Waals surface area contributed by atoms with Gasteiger partial charge in [0, 0.05) is 6.04 Å². The zero-order valence-electron chi connectivity index (χ0n) is 7.31. The van der Waals surface area contributed by atoms with E-state index in [1.807, 2.05) is 0 Å². The van der Waals surface area contributed by atoms with Gasteiger partial charge in [-0.2, -0.15) is 0 Å². The summed E-state index contributed by atoms with van der Waals surface area (Å²) in [6.07, 6.45) is -1.05. The van der Waals surface area contributed by atoms with Crippen molar-refractivity contribution in [2.75, 3.05) is 0 Å². The van der Waals surface area contributed by atoms with Gasteiger partial charge in [0.25, 0.3) is 0 Å². The number of phenolic OH excluding ortho intramolecular Hbond substituents is 2. The van der Waals surface area contributed by atoms with E-state index in [0.29, 0.717) is 0 Å². The first-order valence-corrected chi connectivity index (χ1v) is 3.98. The minimum Gasteiger partial charge on any atom is -0.507 e. The molecule has 4 heteroatoms. The van der Waals surface area contributed by atoms with Gasteiger partial charge in [-0.3, -0.25) is 0 Å². The molecule has 1 aromatic carbocycles. The van der Waals surface area contributed by atoms with Gasteiger partial charge in [-0.15, -0.1) is 0 Å². The summed E-state index contributed by atoms with van der Waals surface area (Å²) >= 11 is 0. The number of phenols is 2. The maximum Gasteiger partial charge on any atom is 0.125 e. The molecule has 2 atom stereocenters. The normalized spacial score (nSPS) is 15.3. The van der Waals surface area contributed by atoms with Gasteiger partial charge in [-0.05, 0) is 19.1 Å². The summed E-state index contributed by atoms with van der Waals surface area (Å²) in [5.74, 6) is -0.297. The highest BCUT2D eigenvalue weighted by atomic mass is 16.3. The highest BCUT2D eigenvalue weighted by molar-refractivity contribution is 5.44. The topological polar surface area (TPSA) is 86.7 Å². The molecule has 5 N–H and O–H groups in total. The fraction of sp³-hybridized carbons (Fsp3) is 0.333. The van der Waals surface area contributed by atoms with Crippen LogP contribution in [0.3, 0.4) is 0 Å². The largest absolute Gasteiger partial charge is 0.507 e. The number of hydrogen-bond donors (Lipinski definition) is 4. The average molecular weight is 183 g/mol. The number of benzene rings is 1. The Hall–Kier alpha value is -1.26. The van der Waals surface area contributed by atoms with Crippen LogP contribution in [0.5, 0.6) is 11.5 Å². The molecule has 0 heterocycles. The van der Waals surface area contributed by atoms with Gasteiger partial charge < -0.3 is 21.1 Å². The molecule has 0 unspecified atom stereocenters.